The molecule has 132 valence electrons. The first kappa shape index (κ1) is 16.3. The lowest BCUT2D eigenvalue weighted by Crippen LogP contribution is -2.43. The van der Waals surface area contributed by atoms with E-state index in [4.69, 9.17) is 21.7 Å². The summed E-state index contributed by atoms with van der Waals surface area (Å²) in [5, 5.41) is 9.80. The minimum Gasteiger partial charge on any atom is -0.219 e. The minimum absolute atomic E-state index is 0.638. The summed E-state index contributed by atoms with van der Waals surface area (Å²) in [5.74, 6) is 0.698. The fourth-order valence-electron chi connectivity index (χ4n) is 2.89. The van der Waals surface area contributed by atoms with Crippen molar-refractivity contribution in [2.75, 3.05) is 10.1 Å². The van der Waals surface area contributed by atoms with Gasteiger partial charge in [-0.25, -0.2) is 9.99 Å². The van der Waals surface area contributed by atoms with Gasteiger partial charge >= 0.3 is 0 Å². The lowest BCUT2D eigenvalue weighted by molar-refractivity contribution is 0.717. The third-order valence-electron chi connectivity index (χ3n) is 4.19. The Balaban J connectivity index is 1.62. The highest BCUT2D eigenvalue weighted by atomic mass is 35.5. The molecule has 0 saturated carbocycles. The Labute approximate surface area is 165 Å². The smallest absolute Gasteiger partial charge is 0.208 e. The molecule has 1 aromatic heterocycles. The van der Waals surface area contributed by atoms with Crippen LogP contribution in [-0.2, 0) is 0 Å². The fraction of sp³-hybridized carbons (Fsp3) is 0. The van der Waals surface area contributed by atoms with Crippen molar-refractivity contribution in [2.45, 2.75) is 0 Å². The second kappa shape index (κ2) is 6.66. The molecule has 0 fully saturated rings. The average Bonchev–Trinajstić information content (AvgIpc) is 3.33. The van der Waals surface area contributed by atoms with E-state index in [-0.39, 0.29) is 0 Å². The van der Waals surface area contributed by atoms with Crippen LogP contribution < -0.4 is 15.7 Å². The molecular formula is C20H14ClN5S. The van der Waals surface area contributed by atoms with Crippen molar-refractivity contribution >= 4 is 49.8 Å². The standard InChI is InChI=1S/C20H14ClN5S/c21-16-11-5-4-10-15(16)19-23-26(14-8-2-1-3-9-14)24-25(19)20-22-17-12-6-7-13-18(17)27-20/h1-13,24H. The number of anilines is 2. The highest BCUT2D eigenvalue weighted by molar-refractivity contribution is 7.22. The molecule has 0 saturated heterocycles. The van der Waals surface area contributed by atoms with Gasteiger partial charge < -0.3 is 0 Å². The van der Waals surface area contributed by atoms with Crippen LogP contribution in [0.1, 0.15) is 5.56 Å². The Morgan fingerprint density at radius 1 is 0.852 bits per heavy atom. The molecule has 3 aromatic carbocycles. The molecule has 1 aliphatic heterocycles. The van der Waals surface area contributed by atoms with Gasteiger partial charge in [-0.15, -0.1) is 10.6 Å². The number of thiazole rings is 1. The van der Waals surface area contributed by atoms with Gasteiger partial charge in [0.05, 0.1) is 20.9 Å². The summed E-state index contributed by atoms with van der Waals surface area (Å²) in [6.45, 7) is 0. The van der Waals surface area contributed by atoms with E-state index in [1.807, 2.05) is 77.8 Å². The lowest BCUT2D eigenvalue weighted by Gasteiger charge is -2.19. The number of para-hydroxylation sites is 2. The number of amidine groups is 1. The second-order valence-corrected chi connectivity index (χ2v) is 7.37. The maximum absolute atomic E-state index is 6.46. The summed E-state index contributed by atoms with van der Waals surface area (Å²) in [6.07, 6.45) is 0. The van der Waals surface area contributed by atoms with Crippen LogP contribution in [0.5, 0.6) is 0 Å². The molecule has 0 unspecified atom stereocenters. The van der Waals surface area contributed by atoms with Crippen molar-refractivity contribution in [3.8, 4) is 0 Å². The number of hydrazine groups is 2. The van der Waals surface area contributed by atoms with Crippen molar-refractivity contribution in [3.63, 3.8) is 0 Å². The molecule has 7 heteroatoms. The monoisotopic (exact) mass is 391 g/mol. The molecule has 0 amide bonds. The van der Waals surface area contributed by atoms with Crippen LogP contribution in [-0.4, -0.2) is 10.8 Å². The van der Waals surface area contributed by atoms with E-state index >= 15 is 0 Å². The molecule has 4 aromatic rings. The molecule has 5 nitrogen and oxygen atoms in total. The molecule has 0 bridgehead atoms. The van der Waals surface area contributed by atoms with Crippen molar-refractivity contribution in [1.29, 1.82) is 0 Å². The van der Waals surface area contributed by atoms with Gasteiger partial charge in [-0.05, 0) is 36.4 Å². The molecule has 2 heterocycles. The van der Waals surface area contributed by atoms with Crippen LogP contribution in [0.15, 0.2) is 84.0 Å². The van der Waals surface area contributed by atoms with Crippen LogP contribution in [0.25, 0.3) is 10.2 Å². The van der Waals surface area contributed by atoms with Gasteiger partial charge in [0.25, 0.3) is 0 Å². The maximum Gasteiger partial charge on any atom is 0.208 e. The topological polar surface area (TPSA) is 43.8 Å². The number of hydrogen-bond donors (Lipinski definition) is 1. The van der Waals surface area contributed by atoms with E-state index in [1.54, 1.807) is 16.5 Å². The summed E-state index contributed by atoms with van der Waals surface area (Å²) in [7, 11) is 0. The van der Waals surface area contributed by atoms with Gasteiger partial charge in [0.2, 0.25) is 5.13 Å². The predicted molar refractivity (Wildman–Crippen MR) is 112 cm³/mol. The van der Waals surface area contributed by atoms with E-state index in [0.717, 1.165) is 26.6 Å². The van der Waals surface area contributed by atoms with Gasteiger partial charge in [-0.1, -0.05) is 65.4 Å². The summed E-state index contributed by atoms with van der Waals surface area (Å²) in [4.78, 5) is 4.76. The lowest BCUT2D eigenvalue weighted by atomic mass is 10.2. The van der Waals surface area contributed by atoms with Crippen molar-refractivity contribution in [3.05, 3.63) is 89.4 Å². The first-order valence-corrected chi connectivity index (χ1v) is 9.60. The highest BCUT2D eigenvalue weighted by Crippen LogP contribution is 2.32. The van der Waals surface area contributed by atoms with Crippen LogP contribution in [0.4, 0.5) is 10.8 Å². The van der Waals surface area contributed by atoms with Crippen LogP contribution in [0.3, 0.4) is 0 Å². The Morgan fingerprint density at radius 3 is 2.41 bits per heavy atom. The van der Waals surface area contributed by atoms with Gasteiger partial charge in [0, 0.05) is 5.56 Å². The SMILES string of the molecule is Clc1ccccc1C1=NN(c2ccccc2)NN1c1nc2ccccc2s1. The van der Waals surface area contributed by atoms with Crippen LogP contribution >= 0.6 is 22.9 Å². The fourth-order valence-corrected chi connectivity index (χ4v) is 4.04. The quantitative estimate of drug-likeness (QED) is 0.530. The number of benzene rings is 3. The van der Waals surface area contributed by atoms with E-state index in [1.165, 1.54) is 0 Å². The van der Waals surface area contributed by atoms with E-state index < -0.39 is 0 Å². The number of nitrogens with zero attached hydrogens (tertiary/aromatic N) is 4. The molecule has 27 heavy (non-hydrogen) atoms. The summed E-state index contributed by atoms with van der Waals surface area (Å²) in [5.41, 5.74) is 6.03. The average molecular weight is 392 g/mol. The predicted octanol–water partition coefficient (Wildman–Crippen LogP) is 5.06. The zero-order valence-electron chi connectivity index (χ0n) is 14.1. The molecule has 0 radical (unpaired) electrons. The summed E-state index contributed by atoms with van der Waals surface area (Å²) >= 11 is 8.06. The number of hydrazone groups is 1. The number of hydrogen-bond acceptors (Lipinski definition) is 6. The van der Waals surface area contributed by atoms with Gasteiger partial charge in [-0.2, -0.15) is 5.12 Å². The zero-order valence-corrected chi connectivity index (χ0v) is 15.7. The zero-order chi connectivity index (χ0) is 18.2. The molecule has 5 rings (SSSR count). The van der Waals surface area contributed by atoms with Gasteiger partial charge in [0.1, 0.15) is 0 Å². The number of halogens is 1. The van der Waals surface area contributed by atoms with Gasteiger partial charge in [0.15, 0.2) is 5.84 Å². The Kier molecular flexibility index (Phi) is 4.01. The van der Waals surface area contributed by atoms with Crippen LogP contribution in [0, 0.1) is 0 Å². The largest absolute Gasteiger partial charge is 0.219 e. The summed E-state index contributed by atoms with van der Waals surface area (Å²) in [6, 6.07) is 25.7. The van der Waals surface area contributed by atoms with E-state index in [2.05, 4.69) is 11.6 Å². The van der Waals surface area contributed by atoms with Gasteiger partial charge in [-0.3, -0.25) is 0 Å². The molecule has 0 atom stereocenters. The Bertz CT molecular complexity index is 1110. The second-order valence-electron chi connectivity index (χ2n) is 5.95. The van der Waals surface area contributed by atoms with Crippen LogP contribution in [0.2, 0.25) is 5.02 Å². The third-order valence-corrected chi connectivity index (χ3v) is 5.54. The first-order chi connectivity index (χ1) is 13.3. The van der Waals surface area contributed by atoms with E-state index in [9.17, 15) is 0 Å². The number of rotatable bonds is 3. The number of nitrogens with one attached hydrogen (secondary N) is 1. The number of fused-ring (bicyclic) bond motifs is 1. The minimum atomic E-state index is 0.638. The molecule has 1 N–H and O–H groups in total. The summed E-state index contributed by atoms with van der Waals surface area (Å²) < 4.78 is 1.12. The van der Waals surface area contributed by atoms with Crippen molar-refractivity contribution in [1.82, 2.24) is 10.5 Å². The number of aromatic nitrogens is 1. The molecule has 1 aliphatic rings. The van der Waals surface area contributed by atoms with E-state index in [0.29, 0.717) is 10.9 Å². The first-order valence-electron chi connectivity index (χ1n) is 8.40. The highest BCUT2D eigenvalue weighted by Gasteiger charge is 2.29. The van der Waals surface area contributed by atoms with Crippen molar-refractivity contribution in [2.24, 2.45) is 5.10 Å². The molecule has 0 spiro atoms. The third kappa shape index (κ3) is 2.94. The normalized spacial score (nSPS) is 14.0. The Hall–Kier alpha value is -2.93. The molecular weight excluding hydrogens is 378 g/mol. The van der Waals surface area contributed by atoms with Crippen molar-refractivity contribution < 1.29 is 0 Å². The Morgan fingerprint density at radius 2 is 1.59 bits per heavy atom. The molecule has 0 aliphatic carbocycles. The maximum atomic E-state index is 6.46.